The first-order valence-electron chi connectivity index (χ1n) is 16.4. The summed E-state index contributed by atoms with van der Waals surface area (Å²) in [6.45, 7) is 4.54. The van der Waals surface area contributed by atoms with E-state index >= 15 is 0 Å². The second-order valence-electron chi connectivity index (χ2n) is 11.0. The van der Waals surface area contributed by atoms with E-state index in [1.54, 1.807) is 0 Å². The third-order valence-corrected chi connectivity index (χ3v) is 7.31. The monoisotopic (exact) mass is 540 g/mol. The fourth-order valence-corrected chi connectivity index (χ4v) is 4.83. The van der Waals surface area contributed by atoms with Crippen LogP contribution in [0.15, 0.2) is 88.9 Å². The zero-order chi connectivity index (χ0) is 28.4. The van der Waals surface area contributed by atoms with Gasteiger partial charge in [0.25, 0.3) is 0 Å². The van der Waals surface area contributed by atoms with E-state index < -0.39 is 0 Å². The van der Waals surface area contributed by atoms with Crippen molar-refractivity contribution in [2.45, 2.75) is 129 Å². The Morgan fingerprint density at radius 3 is 1.85 bits per heavy atom. The van der Waals surface area contributed by atoms with Gasteiger partial charge in [-0.2, -0.15) is 0 Å². The number of hydrogen-bond acceptors (Lipinski definition) is 2. The lowest BCUT2D eigenvalue weighted by molar-refractivity contribution is 0.550. The van der Waals surface area contributed by atoms with Crippen molar-refractivity contribution in [3.8, 4) is 0 Å². The van der Waals surface area contributed by atoms with Crippen molar-refractivity contribution in [3.05, 3.63) is 84.5 Å². The van der Waals surface area contributed by atoms with Gasteiger partial charge in [-0.15, -0.1) is 0 Å². The summed E-state index contributed by atoms with van der Waals surface area (Å²) in [5.74, 6) is 0. The molecule has 0 spiro atoms. The van der Waals surface area contributed by atoms with Crippen LogP contribution >= 0.6 is 0 Å². The number of para-hydroxylation sites is 2. The van der Waals surface area contributed by atoms with E-state index in [4.69, 9.17) is 9.98 Å². The van der Waals surface area contributed by atoms with Gasteiger partial charge in [-0.25, -0.2) is 4.99 Å². The van der Waals surface area contributed by atoms with Crippen LogP contribution in [0.1, 0.15) is 129 Å². The van der Waals surface area contributed by atoms with Gasteiger partial charge >= 0.3 is 0 Å². The summed E-state index contributed by atoms with van der Waals surface area (Å²) in [5.41, 5.74) is 4.25. The molecule has 0 amide bonds. The molecule has 2 aromatic carbocycles. The molecule has 0 saturated carbocycles. The quantitative estimate of drug-likeness (QED) is 0.0760. The molecule has 0 aliphatic rings. The highest BCUT2D eigenvalue weighted by atomic mass is 14.8. The third kappa shape index (κ3) is 17.1. The van der Waals surface area contributed by atoms with E-state index in [9.17, 15) is 0 Å². The minimum Gasteiger partial charge on any atom is -0.255 e. The molecule has 2 heteroatoms. The van der Waals surface area contributed by atoms with Gasteiger partial charge in [-0.1, -0.05) is 146 Å². The highest BCUT2D eigenvalue weighted by Crippen LogP contribution is 2.22. The summed E-state index contributed by atoms with van der Waals surface area (Å²) in [7, 11) is 0. The smallest absolute Gasteiger partial charge is 0.0816 e. The van der Waals surface area contributed by atoms with Crippen LogP contribution in [0.5, 0.6) is 0 Å². The number of unbranched alkanes of at least 4 members (excludes halogenated alkanes) is 14. The standard InChI is InChI=1S/C38H56N2/c1-3-5-7-9-11-12-13-14-15-16-18-20-23-32-37(34-39-36-30-24-21-25-31-36)40-38-33-27-26-29-35(38)28-22-19-17-10-8-6-4-2/h10,17,21,23-27,29-34H,3-9,11-16,18-20,22,28H2,1-2H3/b17-10+,32-23+,39-34?,40-37?. The highest BCUT2D eigenvalue weighted by Gasteiger charge is 2.02. The predicted molar refractivity (Wildman–Crippen MR) is 180 cm³/mol. The van der Waals surface area contributed by atoms with E-state index in [2.05, 4.69) is 62.4 Å². The molecule has 2 aromatic rings. The molecule has 0 fully saturated rings. The van der Waals surface area contributed by atoms with Crippen molar-refractivity contribution in [1.82, 2.24) is 0 Å². The van der Waals surface area contributed by atoms with Crippen LogP contribution in [0.2, 0.25) is 0 Å². The number of rotatable bonds is 23. The molecular weight excluding hydrogens is 484 g/mol. The van der Waals surface area contributed by atoms with Gasteiger partial charge in [0.15, 0.2) is 0 Å². The van der Waals surface area contributed by atoms with Crippen molar-refractivity contribution in [3.63, 3.8) is 0 Å². The van der Waals surface area contributed by atoms with Crippen molar-refractivity contribution in [2.24, 2.45) is 9.98 Å². The largest absolute Gasteiger partial charge is 0.255 e. The second kappa shape index (κ2) is 24.1. The lowest BCUT2D eigenvalue weighted by atomic mass is 10.0. The van der Waals surface area contributed by atoms with Crippen LogP contribution in [0.25, 0.3) is 0 Å². The molecule has 0 aromatic heterocycles. The molecule has 0 aliphatic carbocycles. The van der Waals surface area contributed by atoms with Crippen LogP contribution in [-0.4, -0.2) is 11.9 Å². The van der Waals surface area contributed by atoms with E-state index in [0.29, 0.717) is 0 Å². The lowest BCUT2D eigenvalue weighted by Crippen LogP contribution is -1.96. The molecule has 0 heterocycles. The molecule has 40 heavy (non-hydrogen) atoms. The van der Waals surface area contributed by atoms with E-state index in [-0.39, 0.29) is 0 Å². The van der Waals surface area contributed by atoms with Crippen molar-refractivity contribution in [2.75, 3.05) is 0 Å². The molecule has 0 radical (unpaired) electrons. The first-order chi connectivity index (χ1) is 19.8. The Bertz CT molecular complexity index is 984. The summed E-state index contributed by atoms with van der Waals surface area (Å²) < 4.78 is 0. The normalized spacial score (nSPS) is 12.4. The lowest BCUT2D eigenvalue weighted by Gasteiger charge is -2.06. The van der Waals surface area contributed by atoms with Gasteiger partial charge < -0.3 is 0 Å². The predicted octanol–water partition coefficient (Wildman–Crippen LogP) is 12.5. The molecule has 2 nitrogen and oxygen atoms in total. The van der Waals surface area contributed by atoms with Gasteiger partial charge in [0.2, 0.25) is 0 Å². The Morgan fingerprint density at radius 2 is 1.15 bits per heavy atom. The van der Waals surface area contributed by atoms with Crippen molar-refractivity contribution >= 4 is 23.3 Å². The van der Waals surface area contributed by atoms with Crippen molar-refractivity contribution in [1.29, 1.82) is 0 Å². The average molecular weight is 541 g/mol. The maximum atomic E-state index is 5.07. The highest BCUT2D eigenvalue weighted by molar-refractivity contribution is 6.36. The minimum atomic E-state index is 0.916. The number of aryl methyl sites for hydroxylation is 1. The Morgan fingerprint density at radius 1 is 0.575 bits per heavy atom. The Labute approximate surface area is 246 Å². The van der Waals surface area contributed by atoms with E-state index in [1.165, 1.54) is 95.5 Å². The fraction of sp³-hybridized carbons (Fsp3) is 0.526. The SMILES string of the molecule is CCCC/C=C/CCCc1ccccc1N=C(C=Nc1ccccc1)/C=C/CCCCCCCCCCCCC. The van der Waals surface area contributed by atoms with E-state index in [0.717, 1.165) is 42.8 Å². The topological polar surface area (TPSA) is 24.7 Å². The number of nitrogens with zero attached hydrogens (tertiary/aromatic N) is 2. The molecule has 0 bridgehead atoms. The zero-order valence-corrected chi connectivity index (χ0v) is 25.7. The molecular formula is C38H56N2. The number of aliphatic imine (C=N–C) groups is 2. The van der Waals surface area contributed by atoms with E-state index in [1.807, 2.05) is 36.5 Å². The van der Waals surface area contributed by atoms with Crippen LogP contribution < -0.4 is 0 Å². The third-order valence-electron chi connectivity index (χ3n) is 7.31. The number of allylic oxidation sites excluding steroid dienone is 4. The summed E-state index contributed by atoms with van der Waals surface area (Å²) in [4.78, 5) is 9.78. The van der Waals surface area contributed by atoms with Crippen LogP contribution in [0, 0.1) is 0 Å². The minimum absolute atomic E-state index is 0.916. The van der Waals surface area contributed by atoms with Gasteiger partial charge in [0.05, 0.1) is 23.3 Å². The number of benzene rings is 2. The first kappa shape index (κ1) is 33.5. The van der Waals surface area contributed by atoms with Gasteiger partial charge in [-0.3, -0.25) is 4.99 Å². The zero-order valence-electron chi connectivity index (χ0n) is 25.7. The molecule has 2 rings (SSSR count). The Balaban J connectivity index is 1.88. The van der Waals surface area contributed by atoms with Crippen molar-refractivity contribution < 1.29 is 0 Å². The maximum Gasteiger partial charge on any atom is 0.0816 e. The van der Waals surface area contributed by atoms with Crippen LogP contribution in [-0.2, 0) is 6.42 Å². The van der Waals surface area contributed by atoms with Gasteiger partial charge in [0, 0.05) is 0 Å². The molecule has 218 valence electrons. The fourth-order valence-electron chi connectivity index (χ4n) is 4.83. The number of hydrogen-bond donors (Lipinski definition) is 0. The second-order valence-corrected chi connectivity index (χ2v) is 11.0. The summed E-state index contributed by atoms with van der Waals surface area (Å²) in [5, 5.41) is 0. The Hall–Kier alpha value is -2.74. The van der Waals surface area contributed by atoms with Gasteiger partial charge in [-0.05, 0) is 68.4 Å². The maximum absolute atomic E-state index is 5.07. The molecule has 0 aliphatic heterocycles. The molecule has 0 N–H and O–H groups in total. The summed E-state index contributed by atoms with van der Waals surface area (Å²) >= 11 is 0. The molecule has 0 atom stereocenters. The average Bonchev–Trinajstić information content (AvgIpc) is 2.99. The first-order valence-corrected chi connectivity index (χ1v) is 16.4. The van der Waals surface area contributed by atoms with Gasteiger partial charge in [0.1, 0.15) is 0 Å². The summed E-state index contributed by atoms with van der Waals surface area (Å²) in [6.07, 6.45) is 34.4. The molecule has 0 unspecified atom stereocenters. The van der Waals surface area contributed by atoms with Crippen LogP contribution in [0.4, 0.5) is 11.4 Å². The summed E-state index contributed by atoms with van der Waals surface area (Å²) in [6, 6.07) is 18.7. The van der Waals surface area contributed by atoms with Crippen LogP contribution in [0.3, 0.4) is 0 Å². The molecule has 0 saturated heterocycles. The Kier molecular flexibility index (Phi) is 20.2.